The quantitative estimate of drug-likeness (QED) is 0.524. The molecule has 1 saturated carbocycles. The van der Waals surface area contributed by atoms with Gasteiger partial charge in [-0.05, 0) is 50.1 Å². The number of nitrogens with zero attached hydrogens (tertiary/aromatic N) is 7. The summed E-state index contributed by atoms with van der Waals surface area (Å²) in [5, 5.41) is 25.1. The van der Waals surface area contributed by atoms with Crippen LogP contribution < -0.4 is 10.1 Å². The Bertz CT molecular complexity index is 1140. The van der Waals surface area contributed by atoms with E-state index in [-0.39, 0.29) is 6.04 Å². The first-order valence-corrected chi connectivity index (χ1v) is 10.2. The van der Waals surface area contributed by atoms with E-state index < -0.39 is 0 Å². The minimum Gasteiger partial charge on any atom is -0.497 e. The average molecular weight is 404 g/mol. The van der Waals surface area contributed by atoms with E-state index in [0.717, 1.165) is 28.5 Å². The molecule has 1 atom stereocenters. The first-order valence-electron chi connectivity index (χ1n) is 10.2. The van der Waals surface area contributed by atoms with Crippen LogP contribution in [0.1, 0.15) is 50.5 Å². The molecule has 30 heavy (non-hydrogen) atoms. The van der Waals surface area contributed by atoms with Gasteiger partial charge in [0.2, 0.25) is 5.65 Å². The van der Waals surface area contributed by atoms with Gasteiger partial charge in [-0.2, -0.15) is 9.61 Å². The highest BCUT2D eigenvalue weighted by molar-refractivity contribution is 5.73. The Hall–Kier alpha value is -3.49. The SMILES string of the molecule is COc1ccc(-c2cc(NC(C)c3nncn3C3CCCC3)c3nncn3n2)cc1. The molecule has 9 heteroatoms. The zero-order valence-corrected chi connectivity index (χ0v) is 17.1. The Labute approximate surface area is 174 Å². The van der Waals surface area contributed by atoms with Gasteiger partial charge < -0.3 is 14.6 Å². The molecule has 0 bridgehead atoms. The summed E-state index contributed by atoms with van der Waals surface area (Å²) >= 11 is 0. The summed E-state index contributed by atoms with van der Waals surface area (Å²) in [7, 11) is 1.66. The van der Waals surface area contributed by atoms with Gasteiger partial charge >= 0.3 is 0 Å². The number of anilines is 1. The van der Waals surface area contributed by atoms with E-state index in [0.29, 0.717) is 11.7 Å². The minimum absolute atomic E-state index is 0.0419. The van der Waals surface area contributed by atoms with Gasteiger partial charge in [0.1, 0.15) is 18.4 Å². The molecule has 0 saturated heterocycles. The molecule has 1 fully saturated rings. The number of fused-ring (bicyclic) bond motifs is 1. The molecule has 0 spiro atoms. The maximum absolute atomic E-state index is 5.26. The van der Waals surface area contributed by atoms with Gasteiger partial charge in [0.25, 0.3) is 0 Å². The van der Waals surface area contributed by atoms with Crippen LogP contribution in [0.5, 0.6) is 5.75 Å². The Balaban J connectivity index is 1.48. The van der Waals surface area contributed by atoms with Crippen molar-refractivity contribution in [2.45, 2.75) is 44.7 Å². The summed E-state index contributed by atoms with van der Waals surface area (Å²) < 4.78 is 9.17. The summed E-state index contributed by atoms with van der Waals surface area (Å²) in [5.41, 5.74) is 3.32. The van der Waals surface area contributed by atoms with Crippen molar-refractivity contribution in [3.63, 3.8) is 0 Å². The third kappa shape index (κ3) is 3.36. The van der Waals surface area contributed by atoms with Crippen molar-refractivity contribution in [2.75, 3.05) is 12.4 Å². The van der Waals surface area contributed by atoms with Crippen molar-refractivity contribution in [1.29, 1.82) is 0 Å². The van der Waals surface area contributed by atoms with Gasteiger partial charge in [-0.15, -0.1) is 20.4 Å². The van der Waals surface area contributed by atoms with E-state index >= 15 is 0 Å². The van der Waals surface area contributed by atoms with Crippen molar-refractivity contribution in [2.24, 2.45) is 0 Å². The molecule has 1 unspecified atom stereocenters. The molecule has 1 aliphatic carbocycles. The summed E-state index contributed by atoms with van der Waals surface area (Å²) in [5.74, 6) is 1.74. The van der Waals surface area contributed by atoms with Crippen LogP contribution in [0.3, 0.4) is 0 Å². The van der Waals surface area contributed by atoms with Crippen LogP contribution in [0.4, 0.5) is 5.69 Å². The number of methoxy groups -OCH3 is 1. The minimum atomic E-state index is -0.0419. The third-order valence-electron chi connectivity index (χ3n) is 5.73. The molecule has 1 aromatic carbocycles. The van der Waals surface area contributed by atoms with Gasteiger partial charge in [0.05, 0.1) is 24.5 Å². The Morgan fingerprint density at radius 1 is 1.07 bits per heavy atom. The summed E-state index contributed by atoms with van der Waals surface area (Å²) in [6.45, 7) is 2.09. The monoisotopic (exact) mass is 404 g/mol. The molecule has 1 aliphatic rings. The normalized spacial score (nSPS) is 15.5. The second kappa shape index (κ2) is 7.74. The maximum Gasteiger partial charge on any atom is 0.200 e. The zero-order valence-electron chi connectivity index (χ0n) is 17.1. The van der Waals surface area contributed by atoms with E-state index in [9.17, 15) is 0 Å². The number of aromatic nitrogens is 7. The molecule has 154 valence electrons. The van der Waals surface area contributed by atoms with Crippen LogP contribution in [-0.2, 0) is 0 Å². The molecule has 0 radical (unpaired) electrons. The highest BCUT2D eigenvalue weighted by Crippen LogP contribution is 2.32. The second-order valence-electron chi connectivity index (χ2n) is 7.67. The Kier molecular flexibility index (Phi) is 4.78. The van der Waals surface area contributed by atoms with Crippen LogP contribution in [0.2, 0.25) is 0 Å². The van der Waals surface area contributed by atoms with Gasteiger partial charge in [0, 0.05) is 11.6 Å². The lowest BCUT2D eigenvalue weighted by molar-refractivity contribution is 0.415. The van der Waals surface area contributed by atoms with Gasteiger partial charge in [-0.3, -0.25) is 0 Å². The number of benzene rings is 1. The topological polar surface area (TPSA) is 95.0 Å². The van der Waals surface area contributed by atoms with Crippen LogP contribution in [-0.4, -0.2) is 41.7 Å². The molecule has 3 heterocycles. The predicted octanol–water partition coefficient (Wildman–Crippen LogP) is 3.68. The van der Waals surface area contributed by atoms with E-state index in [1.807, 2.05) is 36.7 Å². The molecular weight excluding hydrogens is 380 g/mol. The standard InChI is InChI=1S/C21H24N8O/c1-14(20-25-22-12-28(20)16-5-3-4-6-16)24-19-11-18(27-29-13-23-26-21(19)29)15-7-9-17(30-2)10-8-15/h7-14,16,24H,3-6H2,1-2H3. The van der Waals surface area contributed by atoms with Crippen molar-refractivity contribution < 1.29 is 4.74 Å². The summed E-state index contributed by atoms with van der Waals surface area (Å²) in [4.78, 5) is 0. The number of nitrogens with one attached hydrogen (secondary N) is 1. The number of hydrogen-bond donors (Lipinski definition) is 1. The summed E-state index contributed by atoms with van der Waals surface area (Å²) in [6, 6.07) is 10.3. The van der Waals surface area contributed by atoms with Crippen LogP contribution in [0.15, 0.2) is 43.0 Å². The third-order valence-corrected chi connectivity index (χ3v) is 5.73. The first kappa shape index (κ1) is 18.5. The molecule has 0 amide bonds. The Morgan fingerprint density at radius 2 is 1.83 bits per heavy atom. The number of rotatable bonds is 6. The van der Waals surface area contributed by atoms with Gasteiger partial charge in [-0.25, -0.2) is 0 Å². The fourth-order valence-electron chi connectivity index (χ4n) is 4.16. The predicted molar refractivity (Wildman–Crippen MR) is 112 cm³/mol. The average Bonchev–Trinajstić information content (AvgIpc) is 3.54. The van der Waals surface area contributed by atoms with Crippen molar-refractivity contribution >= 4 is 11.3 Å². The van der Waals surface area contributed by atoms with Crippen molar-refractivity contribution in [3.05, 3.63) is 48.8 Å². The van der Waals surface area contributed by atoms with Crippen molar-refractivity contribution in [1.82, 2.24) is 34.6 Å². The lowest BCUT2D eigenvalue weighted by atomic mass is 10.1. The van der Waals surface area contributed by atoms with Crippen LogP contribution in [0.25, 0.3) is 16.9 Å². The second-order valence-corrected chi connectivity index (χ2v) is 7.67. The highest BCUT2D eigenvalue weighted by Gasteiger charge is 2.23. The summed E-state index contributed by atoms with van der Waals surface area (Å²) in [6.07, 6.45) is 8.36. The highest BCUT2D eigenvalue weighted by atomic mass is 16.5. The maximum atomic E-state index is 5.26. The van der Waals surface area contributed by atoms with E-state index in [2.05, 4.69) is 42.3 Å². The molecular formula is C21H24N8O. The smallest absolute Gasteiger partial charge is 0.200 e. The molecule has 9 nitrogen and oxygen atoms in total. The van der Waals surface area contributed by atoms with E-state index in [4.69, 9.17) is 4.74 Å². The van der Waals surface area contributed by atoms with Crippen molar-refractivity contribution in [3.8, 4) is 17.0 Å². The van der Waals surface area contributed by atoms with Crippen LogP contribution >= 0.6 is 0 Å². The Morgan fingerprint density at radius 3 is 2.60 bits per heavy atom. The fourth-order valence-corrected chi connectivity index (χ4v) is 4.16. The molecule has 4 aromatic rings. The van der Waals surface area contributed by atoms with Gasteiger partial charge in [0.15, 0.2) is 5.82 Å². The molecule has 1 N–H and O–H groups in total. The molecule has 0 aliphatic heterocycles. The molecule has 5 rings (SSSR count). The van der Waals surface area contributed by atoms with Gasteiger partial charge in [-0.1, -0.05) is 12.8 Å². The zero-order chi connectivity index (χ0) is 20.5. The van der Waals surface area contributed by atoms with Crippen LogP contribution in [0, 0.1) is 0 Å². The lowest BCUT2D eigenvalue weighted by Gasteiger charge is -2.20. The largest absolute Gasteiger partial charge is 0.497 e. The lowest BCUT2D eigenvalue weighted by Crippen LogP contribution is -2.17. The number of ether oxygens (including phenoxy) is 1. The van der Waals surface area contributed by atoms with E-state index in [1.165, 1.54) is 25.7 Å². The van der Waals surface area contributed by atoms with E-state index in [1.54, 1.807) is 18.0 Å². The first-order chi connectivity index (χ1) is 14.7. The number of hydrogen-bond acceptors (Lipinski definition) is 7. The molecule has 3 aromatic heterocycles. The fraction of sp³-hybridized carbons (Fsp3) is 0.381.